The van der Waals surface area contributed by atoms with Crippen LogP contribution in [0.4, 0.5) is 4.39 Å². The number of hydrogen-bond donors (Lipinski definition) is 1. The quantitative estimate of drug-likeness (QED) is 0.761. The first-order chi connectivity index (χ1) is 7.16. The molecule has 0 spiro atoms. The summed E-state index contributed by atoms with van der Waals surface area (Å²) in [5, 5.41) is 9.39. The first-order valence-corrected chi connectivity index (χ1v) is 4.75. The summed E-state index contributed by atoms with van der Waals surface area (Å²) in [6, 6.07) is 4.47. The third-order valence-corrected chi connectivity index (χ3v) is 1.98. The number of methoxy groups -OCH3 is 1. The van der Waals surface area contributed by atoms with Gasteiger partial charge in [0.25, 0.3) is 0 Å². The third kappa shape index (κ3) is 3.18. The molecule has 0 aliphatic carbocycles. The van der Waals surface area contributed by atoms with Gasteiger partial charge in [-0.1, -0.05) is 6.07 Å². The van der Waals surface area contributed by atoms with E-state index in [4.69, 9.17) is 9.47 Å². The molecule has 4 heteroatoms. The van der Waals surface area contributed by atoms with Crippen molar-refractivity contribution in [3.63, 3.8) is 0 Å². The predicted octanol–water partition coefficient (Wildman–Crippen LogP) is 1.90. The summed E-state index contributed by atoms with van der Waals surface area (Å²) in [5.41, 5.74) is 0.189. The summed E-state index contributed by atoms with van der Waals surface area (Å²) < 4.78 is 23.4. The molecule has 0 aliphatic heterocycles. The second-order valence-electron chi connectivity index (χ2n) is 3.17. The van der Waals surface area contributed by atoms with Crippen LogP contribution >= 0.6 is 0 Å². The number of benzene rings is 1. The number of ether oxygens (including phenoxy) is 2. The molecule has 1 rings (SSSR count). The average molecular weight is 214 g/mol. The van der Waals surface area contributed by atoms with Crippen LogP contribution in [0.2, 0.25) is 0 Å². The number of aliphatic hydroxyl groups excluding tert-OH is 1. The van der Waals surface area contributed by atoms with Crippen molar-refractivity contribution in [2.24, 2.45) is 0 Å². The van der Waals surface area contributed by atoms with E-state index in [0.717, 1.165) is 0 Å². The maximum Gasteiger partial charge on any atom is 0.132 e. The van der Waals surface area contributed by atoms with Gasteiger partial charge in [-0.2, -0.15) is 0 Å². The van der Waals surface area contributed by atoms with E-state index in [1.165, 1.54) is 13.0 Å². The second kappa shape index (κ2) is 5.68. The van der Waals surface area contributed by atoms with E-state index in [-0.39, 0.29) is 5.56 Å². The van der Waals surface area contributed by atoms with Gasteiger partial charge in [0.1, 0.15) is 18.2 Å². The molecule has 1 atom stereocenters. The fourth-order valence-corrected chi connectivity index (χ4v) is 1.28. The van der Waals surface area contributed by atoms with Gasteiger partial charge in [-0.15, -0.1) is 0 Å². The van der Waals surface area contributed by atoms with Crippen molar-refractivity contribution in [3.8, 4) is 5.75 Å². The largest absolute Gasteiger partial charge is 0.491 e. The Morgan fingerprint density at radius 1 is 1.40 bits per heavy atom. The maximum atomic E-state index is 13.3. The van der Waals surface area contributed by atoms with Gasteiger partial charge < -0.3 is 14.6 Å². The van der Waals surface area contributed by atoms with Gasteiger partial charge in [0.05, 0.1) is 18.3 Å². The minimum Gasteiger partial charge on any atom is -0.491 e. The standard InChI is InChI=1S/C11H15FO3/c1-8(13)11-9(12)4-3-5-10(11)15-7-6-14-2/h3-5,8,13H,6-7H2,1-2H3. The second-order valence-corrected chi connectivity index (χ2v) is 3.17. The molecule has 0 saturated carbocycles. The van der Waals surface area contributed by atoms with Gasteiger partial charge in [-0.25, -0.2) is 4.39 Å². The third-order valence-electron chi connectivity index (χ3n) is 1.98. The summed E-state index contributed by atoms with van der Waals surface area (Å²) >= 11 is 0. The first kappa shape index (κ1) is 11.9. The van der Waals surface area contributed by atoms with Crippen molar-refractivity contribution in [3.05, 3.63) is 29.6 Å². The summed E-state index contributed by atoms with van der Waals surface area (Å²) in [5.74, 6) is -0.0954. The molecule has 0 amide bonds. The normalized spacial score (nSPS) is 12.5. The monoisotopic (exact) mass is 214 g/mol. The van der Waals surface area contributed by atoms with Gasteiger partial charge in [0.15, 0.2) is 0 Å². The predicted molar refractivity (Wildman–Crippen MR) is 54.4 cm³/mol. The van der Waals surface area contributed by atoms with Gasteiger partial charge in [0.2, 0.25) is 0 Å². The Hall–Kier alpha value is -1.13. The topological polar surface area (TPSA) is 38.7 Å². The summed E-state index contributed by atoms with van der Waals surface area (Å²) in [7, 11) is 1.56. The van der Waals surface area contributed by atoms with Crippen molar-refractivity contribution in [1.29, 1.82) is 0 Å². The molecular weight excluding hydrogens is 199 g/mol. The van der Waals surface area contributed by atoms with Gasteiger partial charge in [-0.05, 0) is 19.1 Å². The van der Waals surface area contributed by atoms with Crippen LogP contribution in [0.5, 0.6) is 5.75 Å². The molecule has 1 unspecified atom stereocenters. The lowest BCUT2D eigenvalue weighted by atomic mass is 10.1. The Labute approximate surface area is 88.4 Å². The summed E-state index contributed by atoms with van der Waals surface area (Å²) in [6.07, 6.45) is -0.885. The lowest BCUT2D eigenvalue weighted by Gasteiger charge is -2.13. The van der Waals surface area contributed by atoms with Crippen molar-refractivity contribution < 1.29 is 19.0 Å². The first-order valence-electron chi connectivity index (χ1n) is 4.75. The van der Waals surface area contributed by atoms with Gasteiger partial charge >= 0.3 is 0 Å². The molecule has 0 bridgehead atoms. The van der Waals surface area contributed by atoms with Crippen LogP contribution in [0.15, 0.2) is 18.2 Å². The smallest absolute Gasteiger partial charge is 0.132 e. The number of hydrogen-bond acceptors (Lipinski definition) is 3. The minimum atomic E-state index is -0.885. The molecule has 1 N–H and O–H groups in total. The molecule has 1 aromatic carbocycles. The minimum absolute atomic E-state index is 0.189. The summed E-state index contributed by atoms with van der Waals surface area (Å²) in [4.78, 5) is 0. The highest BCUT2D eigenvalue weighted by molar-refractivity contribution is 5.36. The lowest BCUT2D eigenvalue weighted by Crippen LogP contribution is -2.08. The molecule has 0 aromatic heterocycles. The van der Waals surface area contributed by atoms with Crippen LogP contribution in [-0.2, 0) is 4.74 Å². The zero-order valence-electron chi connectivity index (χ0n) is 8.87. The van der Waals surface area contributed by atoms with Gasteiger partial charge in [-0.3, -0.25) is 0 Å². The van der Waals surface area contributed by atoms with E-state index < -0.39 is 11.9 Å². The number of rotatable bonds is 5. The van der Waals surface area contributed by atoms with Crippen LogP contribution in [0.1, 0.15) is 18.6 Å². The van der Waals surface area contributed by atoms with Crippen LogP contribution in [0.25, 0.3) is 0 Å². The van der Waals surface area contributed by atoms with Crippen LogP contribution in [0.3, 0.4) is 0 Å². The average Bonchev–Trinajstić information content (AvgIpc) is 2.17. The molecule has 15 heavy (non-hydrogen) atoms. The Morgan fingerprint density at radius 3 is 2.73 bits per heavy atom. The molecular formula is C11H15FO3. The summed E-state index contributed by atoms with van der Waals surface area (Å²) in [6.45, 7) is 2.26. The highest BCUT2D eigenvalue weighted by Crippen LogP contribution is 2.27. The van der Waals surface area contributed by atoms with Crippen molar-refractivity contribution in [1.82, 2.24) is 0 Å². The van der Waals surface area contributed by atoms with E-state index in [0.29, 0.717) is 19.0 Å². The van der Waals surface area contributed by atoms with E-state index in [9.17, 15) is 9.50 Å². The van der Waals surface area contributed by atoms with Crippen LogP contribution in [0, 0.1) is 5.82 Å². The van der Waals surface area contributed by atoms with E-state index in [1.54, 1.807) is 19.2 Å². The van der Waals surface area contributed by atoms with Crippen molar-refractivity contribution >= 4 is 0 Å². The zero-order chi connectivity index (χ0) is 11.3. The molecule has 0 fully saturated rings. The Kier molecular flexibility index (Phi) is 4.52. The molecule has 84 valence electrons. The Bertz CT molecular complexity index is 313. The number of aliphatic hydroxyl groups is 1. The van der Waals surface area contributed by atoms with Gasteiger partial charge in [0, 0.05) is 7.11 Å². The highest BCUT2D eigenvalue weighted by Gasteiger charge is 2.14. The molecule has 0 heterocycles. The molecule has 0 aliphatic rings. The molecule has 3 nitrogen and oxygen atoms in total. The van der Waals surface area contributed by atoms with Crippen molar-refractivity contribution in [2.75, 3.05) is 20.3 Å². The lowest BCUT2D eigenvalue weighted by molar-refractivity contribution is 0.140. The van der Waals surface area contributed by atoms with Crippen molar-refractivity contribution in [2.45, 2.75) is 13.0 Å². The van der Waals surface area contributed by atoms with E-state index >= 15 is 0 Å². The fourth-order valence-electron chi connectivity index (χ4n) is 1.28. The fraction of sp³-hybridized carbons (Fsp3) is 0.455. The van der Waals surface area contributed by atoms with Crippen LogP contribution in [-0.4, -0.2) is 25.4 Å². The maximum absolute atomic E-state index is 13.3. The van der Waals surface area contributed by atoms with E-state index in [2.05, 4.69) is 0 Å². The van der Waals surface area contributed by atoms with Crippen LogP contribution < -0.4 is 4.74 Å². The zero-order valence-corrected chi connectivity index (χ0v) is 8.87. The molecule has 0 radical (unpaired) electrons. The Balaban J connectivity index is 2.81. The molecule has 1 aromatic rings. The van der Waals surface area contributed by atoms with E-state index in [1.807, 2.05) is 0 Å². The SMILES string of the molecule is COCCOc1cccc(F)c1C(C)O. The molecule has 0 saturated heterocycles. The Morgan fingerprint density at radius 2 is 2.13 bits per heavy atom. The highest BCUT2D eigenvalue weighted by atomic mass is 19.1. The number of halogens is 1.